The molecule has 1 aromatic heterocycles. The average molecular weight is 226 g/mol. The highest BCUT2D eigenvalue weighted by Gasteiger charge is 2.21. The van der Waals surface area contributed by atoms with Gasteiger partial charge in [-0.1, -0.05) is 18.2 Å². The third-order valence-corrected chi connectivity index (χ3v) is 2.83. The first-order chi connectivity index (χ1) is 7.00. The highest BCUT2D eigenvalue weighted by Crippen LogP contribution is 2.37. The smallest absolute Gasteiger partial charge is 0.308 e. The van der Waals surface area contributed by atoms with Gasteiger partial charge >= 0.3 is 13.4 Å². The van der Waals surface area contributed by atoms with E-state index in [9.17, 15) is 9.36 Å². The minimum atomic E-state index is -4.66. The Morgan fingerprint density at radius 2 is 1.93 bits per heavy atom. The fraction of sp³-hybridized carbons (Fsp3) is 0. The van der Waals surface area contributed by atoms with Crippen molar-refractivity contribution in [3.63, 3.8) is 0 Å². The highest BCUT2D eigenvalue weighted by molar-refractivity contribution is 7.50. The Morgan fingerprint density at radius 1 is 1.27 bits per heavy atom. The first-order valence-electron chi connectivity index (χ1n) is 4.03. The van der Waals surface area contributed by atoms with Gasteiger partial charge in [0.2, 0.25) is 0 Å². The van der Waals surface area contributed by atoms with Gasteiger partial charge in [-0.2, -0.15) is 4.34 Å². The molecular weight excluding hydrogens is 219 g/mol. The number of nitrogens with zero attached hydrogens (tertiary/aromatic N) is 2. The topological polar surface area (TPSA) is 92.4 Å². The summed E-state index contributed by atoms with van der Waals surface area (Å²) in [5, 5.41) is 0.500. The molecule has 0 bridgehead atoms. The molecule has 6 nitrogen and oxygen atoms in total. The Hall–Kier alpha value is -1.49. The van der Waals surface area contributed by atoms with Crippen molar-refractivity contribution in [2.75, 3.05) is 0 Å². The molecule has 0 unspecified atom stereocenters. The van der Waals surface area contributed by atoms with E-state index in [4.69, 9.17) is 9.79 Å². The summed E-state index contributed by atoms with van der Waals surface area (Å²) in [6.45, 7) is 0. The standard InChI is InChI=1S/C8H7N2O4P/c11-8-9-5-6-3-1-2-4-7(6)10(8)15(12,13)14/h1-5H,(H2,12,13,14). The van der Waals surface area contributed by atoms with Crippen LogP contribution in [0, 0.1) is 0 Å². The molecule has 0 saturated carbocycles. The summed E-state index contributed by atoms with van der Waals surface area (Å²) in [6, 6.07) is 6.36. The highest BCUT2D eigenvalue weighted by atomic mass is 31.2. The molecule has 78 valence electrons. The van der Waals surface area contributed by atoms with Gasteiger partial charge in [-0.25, -0.2) is 14.3 Å². The molecule has 0 amide bonds. The van der Waals surface area contributed by atoms with E-state index < -0.39 is 13.4 Å². The van der Waals surface area contributed by atoms with Gasteiger partial charge in [0.1, 0.15) is 0 Å². The van der Waals surface area contributed by atoms with Crippen LogP contribution in [0.5, 0.6) is 0 Å². The first-order valence-corrected chi connectivity index (χ1v) is 5.60. The normalized spacial score (nSPS) is 11.9. The fourth-order valence-corrected chi connectivity index (χ4v) is 2.06. The summed E-state index contributed by atoms with van der Waals surface area (Å²) < 4.78 is 11.5. The van der Waals surface area contributed by atoms with E-state index in [1.54, 1.807) is 18.2 Å². The third kappa shape index (κ3) is 1.70. The number of para-hydroxylation sites is 1. The minimum absolute atomic E-state index is 0.172. The average Bonchev–Trinajstić information content (AvgIpc) is 2.15. The van der Waals surface area contributed by atoms with Crippen LogP contribution in [0.2, 0.25) is 0 Å². The van der Waals surface area contributed by atoms with Crippen LogP contribution in [-0.2, 0) is 4.57 Å². The maximum atomic E-state index is 11.2. The van der Waals surface area contributed by atoms with Crippen molar-refractivity contribution < 1.29 is 14.4 Å². The molecule has 2 aromatic rings. The van der Waals surface area contributed by atoms with Crippen LogP contribution in [0.1, 0.15) is 0 Å². The molecule has 2 N–H and O–H groups in total. The molecule has 1 heterocycles. The van der Waals surface area contributed by atoms with Gasteiger partial charge in [0.25, 0.3) is 0 Å². The van der Waals surface area contributed by atoms with Gasteiger partial charge in [-0.05, 0) is 6.07 Å². The SMILES string of the molecule is O=c1ncc2ccccc2n1P(=O)(O)O. The van der Waals surface area contributed by atoms with Crippen molar-refractivity contribution in [2.24, 2.45) is 0 Å². The zero-order chi connectivity index (χ0) is 11.1. The predicted molar refractivity (Wildman–Crippen MR) is 53.4 cm³/mol. The van der Waals surface area contributed by atoms with Crippen molar-refractivity contribution in [2.45, 2.75) is 0 Å². The van der Waals surface area contributed by atoms with Gasteiger partial charge in [-0.15, -0.1) is 0 Å². The lowest BCUT2D eigenvalue weighted by Gasteiger charge is -2.09. The molecular formula is C8H7N2O4P. The Kier molecular flexibility index (Phi) is 2.19. The van der Waals surface area contributed by atoms with Crippen molar-refractivity contribution in [3.8, 4) is 0 Å². The number of rotatable bonds is 1. The third-order valence-electron chi connectivity index (χ3n) is 1.92. The zero-order valence-corrected chi connectivity index (χ0v) is 8.33. The van der Waals surface area contributed by atoms with Gasteiger partial charge in [0.05, 0.1) is 5.52 Å². The largest absolute Gasteiger partial charge is 0.438 e. The summed E-state index contributed by atoms with van der Waals surface area (Å²) in [6.07, 6.45) is 1.28. The molecule has 0 aliphatic heterocycles. The Labute approximate surface area is 84.0 Å². The lowest BCUT2D eigenvalue weighted by molar-refractivity contribution is 0.360. The summed E-state index contributed by atoms with van der Waals surface area (Å²) in [7, 11) is -4.66. The van der Waals surface area contributed by atoms with Gasteiger partial charge in [0.15, 0.2) is 0 Å². The van der Waals surface area contributed by atoms with Crippen molar-refractivity contribution in [1.82, 2.24) is 9.32 Å². The molecule has 0 fully saturated rings. The van der Waals surface area contributed by atoms with E-state index >= 15 is 0 Å². The minimum Gasteiger partial charge on any atom is -0.308 e. The van der Waals surface area contributed by atoms with E-state index in [0.29, 0.717) is 9.72 Å². The second-order valence-electron chi connectivity index (χ2n) is 2.92. The number of hydrogen-bond donors (Lipinski definition) is 2. The molecule has 0 aliphatic carbocycles. The van der Waals surface area contributed by atoms with E-state index in [-0.39, 0.29) is 5.52 Å². The van der Waals surface area contributed by atoms with E-state index in [2.05, 4.69) is 4.98 Å². The molecule has 0 saturated heterocycles. The van der Waals surface area contributed by atoms with Crippen molar-refractivity contribution >= 4 is 18.6 Å². The van der Waals surface area contributed by atoms with Crippen molar-refractivity contribution in [1.29, 1.82) is 0 Å². The van der Waals surface area contributed by atoms with Crippen LogP contribution < -0.4 is 5.69 Å². The summed E-state index contributed by atoms with van der Waals surface area (Å²) in [4.78, 5) is 32.6. The van der Waals surface area contributed by atoms with Crippen LogP contribution in [0.15, 0.2) is 35.3 Å². The van der Waals surface area contributed by atoms with Crippen LogP contribution in [0.3, 0.4) is 0 Å². The monoisotopic (exact) mass is 226 g/mol. The lowest BCUT2D eigenvalue weighted by atomic mass is 10.2. The molecule has 7 heteroatoms. The number of fused-ring (bicyclic) bond motifs is 1. The van der Waals surface area contributed by atoms with Crippen molar-refractivity contribution in [3.05, 3.63) is 40.9 Å². The molecule has 0 atom stereocenters. The van der Waals surface area contributed by atoms with E-state index in [1.165, 1.54) is 12.3 Å². The van der Waals surface area contributed by atoms with Crippen LogP contribution in [0.4, 0.5) is 0 Å². The first kappa shape index (κ1) is 10.0. The maximum absolute atomic E-state index is 11.2. The predicted octanol–water partition coefficient (Wildman–Crippen LogP) is 0.337. The second-order valence-corrected chi connectivity index (χ2v) is 4.35. The Bertz CT molecular complexity index is 615. The van der Waals surface area contributed by atoms with Crippen LogP contribution >= 0.6 is 7.75 Å². The zero-order valence-electron chi connectivity index (χ0n) is 7.44. The molecule has 0 spiro atoms. The van der Waals surface area contributed by atoms with Crippen LogP contribution in [0.25, 0.3) is 10.9 Å². The Morgan fingerprint density at radius 3 is 2.60 bits per heavy atom. The number of aromatic nitrogens is 2. The lowest BCUT2D eigenvalue weighted by Crippen LogP contribution is -2.21. The summed E-state index contributed by atoms with van der Waals surface area (Å²) in [5.41, 5.74) is -0.784. The molecule has 15 heavy (non-hydrogen) atoms. The molecule has 1 aromatic carbocycles. The molecule has 0 aliphatic rings. The Balaban J connectivity index is 2.99. The van der Waals surface area contributed by atoms with E-state index in [0.717, 1.165) is 0 Å². The van der Waals surface area contributed by atoms with Gasteiger partial charge in [-0.3, -0.25) is 0 Å². The fourth-order valence-electron chi connectivity index (χ4n) is 1.32. The molecule has 2 rings (SSSR count). The van der Waals surface area contributed by atoms with Crippen LogP contribution in [-0.4, -0.2) is 19.1 Å². The van der Waals surface area contributed by atoms with Gasteiger partial charge in [0, 0.05) is 11.6 Å². The second kappa shape index (κ2) is 3.27. The maximum Gasteiger partial charge on any atom is 0.438 e. The number of hydrogen-bond acceptors (Lipinski definition) is 3. The summed E-state index contributed by atoms with van der Waals surface area (Å²) in [5.74, 6) is 0. The number of benzene rings is 1. The molecule has 0 radical (unpaired) electrons. The quantitative estimate of drug-likeness (QED) is 0.684. The summed E-state index contributed by atoms with van der Waals surface area (Å²) >= 11 is 0. The van der Waals surface area contributed by atoms with Gasteiger partial charge < -0.3 is 9.79 Å². The van der Waals surface area contributed by atoms with E-state index in [1.807, 2.05) is 0 Å².